The van der Waals surface area contributed by atoms with Crippen molar-refractivity contribution in [3.63, 3.8) is 0 Å². The summed E-state index contributed by atoms with van der Waals surface area (Å²) < 4.78 is 0. The Morgan fingerprint density at radius 1 is 1.39 bits per heavy atom. The predicted molar refractivity (Wildman–Crippen MR) is 69.9 cm³/mol. The number of hydrogen-bond donors (Lipinski definition) is 1. The first kappa shape index (κ1) is 13.1. The third-order valence-electron chi connectivity index (χ3n) is 4.03. The molecule has 1 spiro atoms. The number of piperazine rings is 1. The zero-order chi connectivity index (χ0) is 13.3. The lowest BCUT2D eigenvalue weighted by molar-refractivity contribution is -0.153. The highest BCUT2D eigenvalue weighted by atomic mass is 16.2. The summed E-state index contributed by atoms with van der Waals surface area (Å²) in [4.78, 5) is 26.3. The van der Waals surface area contributed by atoms with E-state index in [9.17, 15) is 9.59 Å². The van der Waals surface area contributed by atoms with Gasteiger partial charge in [-0.05, 0) is 33.6 Å². The van der Waals surface area contributed by atoms with E-state index >= 15 is 0 Å². The van der Waals surface area contributed by atoms with Crippen molar-refractivity contribution in [1.29, 1.82) is 0 Å². The van der Waals surface area contributed by atoms with Crippen LogP contribution in [0.4, 0.5) is 0 Å². The summed E-state index contributed by atoms with van der Waals surface area (Å²) in [5, 5.41) is 2.96. The maximum Gasteiger partial charge on any atom is 0.249 e. The minimum Gasteiger partial charge on any atom is -0.340 e. The smallest absolute Gasteiger partial charge is 0.249 e. The average molecular weight is 250 g/mol. The van der Waals surface area contributed by atoms with Gasteiger partial charge < -0.3 is 10.2 Å². The van der Waals surface area contributed by atoms with E-state index in [0.29, 0.717) is 6.54 Å². The number of nitrogens with zero attached hydrogens (tertiary/aromatic N) is 1. The molecule has 0 aromatic rings. The molecular weight excluding hydrogens is 228 g/mol. The van der Waals surface area contributed by atoms with Crippen LogP contribution in [0.2, 0.25) is 0 Å². The molecule has 0 bridgehead atoms. The third-order valence-corrected chi connectivity index (χ3v) is 4.03. The second kappa shape index (κ2) is 4.75. The van der Waals surface area contributed by atoms with Crippen molar-refractivity contribution in [2.45, 2.75) is 58.0 Å². The fourth-order valence-corrected chi connectivity index (χ4v) is 2.83. The van der Waals surface area contributed by atoms with Gasteiger partial charge in [0, 0.05) is 6.54 Å². The van der Waals surface area contributed by atoms with E-state index in [1.54, 1.807) is 11.8 Å². The highest BCUT2D eigenvalue weighted by molar-refractivity contribution is 5.99. The lowest BCUT2D eigenvalue weighted by Crippen LogP contribution is -2.68. The SMILES string of the molecule is CC(C)=CCN1C(=O)C2(CCCC2)NC(=O)C1C. The molecule has 2 amide bonds. The zero-order valence-corrected chi connectivity index (χ0v) is 11.5. The molecule has 4 heteroatoms. The maximum absolute atomic E-state index is 12.6. The number of rotatable bonds is 2. The van der Waals surface area contributed by atoms with Crippen LogP contribution < -0.4 is 5.32 Å². The number of allylic oxidation sites excluding steroid dienone is 1. The van der Waals surface area contributed by atoms with E-state index in [2.05, 4.69) is 5.32 Å². The highest BCUT2D eigenvalue weighted by Gasteiger charge is 2.50. The molecule has 1 N–H and O–H groups in total. The van der Waals surface area contributed by atoms with Crippen LogP contribution in [0.5, 0.6) is 0 Å². The Kier molecular flexibility index (Phi) is 3.46. The van der Waals surface area contributed by atoms with Gasteiger partial charge >= 0.3 is 0 Å². The average Bonchev–Trinajstić information content (AvgIpc) is 2.76. The molecule has 1 aliphatic heterocycles. The Hall–Kier alpha value is -1.32. The van der Waals surface area contributed by atoms with Crippen LogP contribution in [-0.2, 0) is 9.59 Å². The Bertz CT molecular complexity index is 391. The first-order chi connectivity index (χ1) is 8.46. The summed E-state index contributed by atoms with van der Waals surface area (Å²) in [6.45, 7) is 6.35. The molecule has 2 fully saturated rings. The van der Waals surface area contributed by atoms with Crippen LogP contribution in [0.25, 0.3) is 0 Å². The molecule has 2 aliphatic rings. The number of nitrogens with one attached hydrogen (secondary N) is 1. The summed E-state index contributed by atoms with van der Waals surface area (Å²) in [6, 6.07) is -0.362. The molecule has 1 saturated heterocycles. The van der Waals surface area contributed by atoms with Gasteiger partial charge in [0.1, 0.15) is 11.6 Å². The van der Waals surface area contributed by atoms with Crippen LogP contribution >= 0.6 is 0 Å². The first-order valence-electron chi connectivity index (χ1n) is 6.73. The molecule has 1 saturated carbocycles. The van der Waals surface area contributed by atoms with E-state index in [0.717, 1.165) is 25.7 Å². The molecule has 1 atom stereocenters. The Morgan fingerprint density at radius 3 is 2.56 bits per heavy atom. The molecule has 0 aromatic heterocycles. The molecule has 100 valence electrons. The van der Waals surface area contributed by atoms with E-state index in [4.69, 9.17) is 0 Å². The number of amides is 2. The van der Waals surface area contributed by atoms with E-state index in [-0.39, 0.29) is 17.9 Å². The molecule has 0 aromatic carbocycles. The van der Waals surface area contributed by atoms with E-state index < -0.39 is 5.54 Å². The molecule has 4 nitrogen and oxygen atoms in total. The number of carbonyl (C=O) groups is 2. The normalized spacial score (nSPS) is 26.4. The van der Waals surface area contributed by atoms with Gasteiger partial charge in [0.25, 0.3) is 0 Å². The summed E-state index contributed by atoms with van der Waals surface area (Å²) in [5.74, 6) is 0.0863. The fourth-order valence-electron chi connectivity index (χ4n) is 2.83. The van der Waals surface area contributed by atoms with Crippen LogP contribution in [0.15, 0.2) is 11.6 Å². The second-order valence-electron chi connectivity index (χ2n) is 5.69. The summed E-state index contributed by atoms with van der Waals surface area (Å²) in [6.07, 6.45) is 5.63. The zero-order valence-electron chi connectivity index (χ0n) is 11.5. The molecule has 0 radical (unpaired) electrons. The van der Waals surface area contributed by atoms with Crippen molar-refractivity contribution in [3.8, 4) is 0 Å². The van der Waals surface area contributed by atoms with Crippen molar-refractivity contribution in [3.05, 3.63) is 11.6 Å². The standard InChI is InChI=1S/C14H22N2O2/c1-10(2)6-9-16-11(3)12(17)15-14(13(16)18)7-4-5-8-14/h6,11H,4-5,7-9H2,1-3H3,(H,15,17). The molecule has 2 rings (SSSR count). The lowest BCUT2D eigenvalue weighted by atomic mass is 9.91. The third kappa shape index (κ3) is 2.16. The Morgan fingerprint density at radius 2 is 2.00 bits per heavy atom. The molecule has 1 heterocycles. The van der Waals surface area contributed by atoms with Gasteiger partial charge in [-0.3, -0.25) is 9.59 Å². The summed E-state index contributed by atoms with van der Waals surface area (Å²) >= 11 is 0. The van der Waals surface area contributed by atoms with Gasteiger partial charge in [-0.1, -0.05) is 24.5 Å². The lowest BCUT2D eigenvalue weighted by Gasteiger charge is -2.43. The largest absolute Gasteiger partial charge is 0.340 e. The number of carbonyl (C=O) groups excluding carboxylic acids is 2. The molecule has 18 heavy (non-hydrogen) atoms. The van der Waals surface area contributed by atoms with Crippen molar-refractivity contribution in [2.75, 3.05) is 6.54 Å². The quantitative estimate of drug-likeness (QED) is 0.757. The van der Waals surface area contributed by atoms with Crippen molar-refractivity contribution in [1.82, 2.24) is 10.2 Å². The minimum absolute atomic E-state index is 0.0151. The minimum atomic E-state index is -0.598. The van der Waals surface area contributed by atoms with Gasteiger partial charge in [-0.2, -0.15) is 0 Å². The van der Waals surface area contributed by atoms with Crippen molar-refractivity contribution in [2.24, 2.45) is 0 Å². The van der Waals surface area contributed by atoms with E-state index in [1.165, 1.54) is 5.57 Å². The topological polar surface area (TPSA) is 49.4 Å². The van der Waals surface area contributed by atoms with Crippen LogP contribution in [0, 0.1) is 0 Å². The van der Waals surface area contributed by atoms with Gasteiger partial charge in [0.05, 0.1) is 0 Å². The van der Waals surface area contributed by atoms with Crippen molar-refractivity contribution < 1.29 is 9.59 Å². The highest BCUT2D eigenvalue weighted by Crippen LogP contribution is 2.34. The second-order valence-corrected chi connectivity index (χ2v) is 5.69. The Labute approximate surface area is 108 Å². The predicted octanol–water partition coefficient (Wildman–Crippen LogP) is 1.61. The van der Waals surface area contributed by atoms with Gasteiger partial charge in [-0.25, -0.2) is 0 Å². The van der Waals surface area contributed by atoms with Crippen LogP contribution in [-0.4, -0.2) is 34.8 Å². The van der Waals surface area contributed by atoms with Crippen LogP contribution in [0.1, 0.15) is 46.5 Å². The van der Waals surface area contributed by atoms with E-state index in [1.807, 2.05) is 19.9 Å². The fraction of sp³-hybridized carbons (Fsp3) is 0.714. The monoisotopic (exact) mass is 250 g/mol. The molecular formula is C14H22N2O2. The maximum atomic E-state index is 12.6. The van der Waals surface area contributed by atoms with Gasteiger partial charge in [0.2, 0.25) is 11.8 Å². The van der Waals surface area contributed by atoms with Gasteiger partial charge in [0.15, 0.2) is 0 Å². The first-order valence-corrected chi connectivity index (χ1v) is 6.73. The molecule has 1 unspecified atom stereocenters. The van der Waals surface area contributed by atoms with Crippen LogP contribution in [0.3, 0.4) is 0 Å². The summed E-state index contributed by atoms with van der Waals surface area (Å²) in [5.41, 5.74) is 0.570. The number of hydrogen-bond acceptors (Lipinski definition) is 2. The Balaban J connectivity index is 2.23. The summed E-state index contributed by atoms with van der Waals surface area (Å²) in [7, 11) is 0. The molecule has 1 aliphatic carbocycles. The van der Waals surface area contributed by atoms with Gasteiger partial charge in [-0.15, -0.1) is 0 Å². The van der Waals surface area contributed by atoms with Crippen molar-refractivity contribution >= 4 is 11.8 Å².